The molecule has 11 rings (SSSR count). The van der Waals surface area contributed by atoms with E-state index < -0.39 is 0 Å². The number of nitrogens with zero attached hydrogens (tertiary/aromatic N) is 2. The van der Waals surface area contributed by atoms with Crippen molar-refractivity contribution in [3.63, 3.8) is 0 Å². The maximum atomic E-state index is 5.58. The molecule has 0 amide bonds. The van der Waals surface area contributed by atoms with Crippen LogP contribution < -0.4 is 5.32 Å². The van der Waals surface area contributed by atoms with Crippen LogP contribution in [0.1, 0.15) is 67.4 Å². The molecule has 1 N–H and O–H groups in total. The van der Waals surface area contributed by atoms with Gasteiger partial charge in [0.15, 0.2) is 0 Å². The molecule has 0 fully saturated rings. The van der Waals surface area contributed by atoms with Crippen LogP contribution in [0.5, 0.6) is 0 Å². The number of nitrogens with one attached hydrogen (secondary N) is 1. The van der Waals surface area contributed by atoms with Crippen LogP contribution in [0.25, 0.3) is 55.2 Å². The fourth-order valence-corrected chi connectivity index (χ4v) is 9.73. The lowest BCUT2D eigenvalue weighted by Gasteiger charge is -2.28. The largest absolute Gasteiger partial charge is 0.346 e. The normalized spacial score (nSPS) is 17.1. The molecule has 254 valence electrons. The molecule has 0 spiro atoms. The van der Waals surface area contributed by atoms with Gasteiger partial charge in [-0.3, -0.25) is 0 Å². The summed E-state index contributed by atoms with van der Waals surface area (Å²) in [7, 11) is 0. The zero-order valence-corrected chi connectivity index (χ0v) is 30.4. The summed E-state index contributed by atoms with van der Waals surface area (Å²) in [4.78, 5) is 5.58. The molecule has 1 unspecified atom stereocenters. The van der Waals surface area contributed by atoms with E-state index in [-0.39, 0.29) is 17.1 Å². The van der Waals surface area contributed by atoms with Gasteiger partial charge in [0.05, 0.1) is 16.7 Å². The van der Waals surface area contributed by atoms with Gasteiger partial charge in [0.1, 0.15) is 0 Å². The average molecular weight is 682 g/mol. The van der Waals surface area contributed by atoms with Crippen LogP contribution in [0.15, 0.2) is 157 Å². The minimum absolute atomic E-state index is 0.00613. The number of fused-ring (bicyclic) bond motifs is 10. The third-order valence-electron chi connectivity index (χ3n) is 12.4. The highest BCUT2D eigenvalue weighted by atomic mass is 15.3. The van der Waals surface area contributed by atoms with Crippen LogP contribution >= 0.6 is 0 Å². The van der Waals surface area contributed by atoms with Crippen LogP contribution in [0.3, 0.4) is 0 Å². The molecule has 3 aliphatic rings. The minimum Gasteiger partial charge on any atom is -0.346 e. The monoisotopic (exact) mass is 681 g/mol. The Bertz CT molecular complexity index is 2880. The van der Waals surface area contributed by atoms with Crippen LogP contribution in [0.2, 0.25) is 0 Å². The molecular formula is C50H39N3. The topological polar surface area (TPSA) is 29.3 Å². The van der Waals surface area contributed by atoms with Gasteiger partial charge in [-0.25, -0.2) is 4.99 Å². The number of aliphatic imine (C=N–C) groups is 1. The van der Waals surface area contributed by atoms with Gasteiger partial charge < -0.3 is 9.88 Å². The van der Waals surface area contributed by atoms with Crippen LogP contribution in [0.4, 0.5) is 5.69 Å². The molecule has 2 aliphatic carbocycles. The Labute approximate surface area is 310 Å². The molecule has 0 saturated carbocycles. The molecule has 1 aromatic heterocycles. The van der Waals surface area contributed by atoms with Crippen molar-refractivity contribution in [2.45, 2.75) is 44.8 Å². The van der Waals surface area contributed by atoms with Gasteiger partial charge in [-0.15, -0.1) is 0 Å². The highest BCUT2D eigenvalue weighted by molar-refractivity contribution is 6.17. The molecule has 2 heterocycles. The first-order valence-electron chi connectivity index (χ1n) is 18.7. The second-order valence-corrected chi connectivity index (χ2v) is 16.0. The summed E-state index contributed by atoms with van der Waals surface area (Å²) in [6.45, 7) is 9.37. The second-order valence-electron chi connectivity index (χ2n) is 16.0. The molecule has 8 aromatic rings. The predicted molar refractivity (Wildman–Crippen MR) is 221 cm³/mol. The van der Waals surface area contributed by atoms with Crippen molar-refractivity contribution < 1.29 is 0 Å². The Kier molecular flexibility index (Phi) is 6.13. The van der Waals surface area contributed by atoms with Gasteiger partial charge in [0.25, 0.3) is 0 Å². The lowest BCUT2D eigenvalue weighted by Crippen LogP contribution is -2.25. The molecule has 1 atom stereocenters. The van der Waals surface area contributed by atoms with E-state index in [1.54, 1.807) is 0 Å². The quantitative estimate of drug-likeness (QED) is 0.198. The Balaban J connectivity index is 1.06. The zero-order valence-electron chi connectivity index (χ0n) is 30.4. The van der Waals surface area contributed by atoms with Gasteiger partial charge in [0, 0.05) is 38.4 Å². The van der Waals surface area contributed by atoms with Crippen molar-refractivity contribution in [2.24, 2.45) is 4.99 Å². The molecule has 3 heteroatoms. The number of para-hydroxylation sites is 2. The van der Waals surface area contributed by atoms with Crippen molar-refractivity contribution in [1.29, 1.82) is 0 Å². The first kappa shape index (κ1) is 30.4. The highest BCUT2D eigenvalue weighted by Gasteiger charge is 2.37. The second kappa shape index (κ2) is 10.7. The van der Waals surface area contributed by atoms with Crippen molar-refractivity contribution in [3.8, 4) is 33.4 Å². The van der Waals surface area contributed by atoms with Gasteiger partial charge in [-0.1, -0.05) is 143 Å². The van der Waals surface area contributed by atoms with E-state index in [2.05, 4.69) is 189 Å². The van der Waals surface area contributed by atoms with Crippen LogP contribution in [-0.4, -0.2) is 10.3 Å². The molecule has 0 bridgehead atoms. The molecule has 3 nitrogen and oxygen atoms in total. The summed E-state index contributed by atoms with van der Waals surface area (Å²) < 4.78 is 2.39. The number of hydrogen-bond donors (Lipinski definition) is 1. The maximum Gasteiger partial charge on any atom is 0.201 e. The molecular weight excluding hydrogens is 643 g/mol. The van der Waals surface area contributed by atoms with Crippen LogP contribution in [-0.2, 0) is 10.8 Å². The van der Waals surface area contributed by atoms with Crippen LogP contribution in [0, 0.1) is 0 Å². The third kappa shape index (κ3) is 4.19. The lowest BCUT2D eigenvalue weighted by atomic mass is 9.81. The fraction of sp³-hybridized carbons (Fsp3) is 0.140. The zero-order chi connectivity index (χ0) is 35.6. The molecule has 0 radical (unpaired) electrons. The Hall–Kier alpha value is -6.19. The molecule has 53 heavy (non-hydrogen) atoms. The standard InChI is InChI=1S/C50H39N3/c1-49(2)41-18-10-6-14-34(41)38-27-30(22-25-42(38)49)31-23-26-46-39(28-31)36-15-8-12-20-45(36)53(46)48-51-44-19-11-7-16-37(44)47(52-48)32-21-24-35-33-13-5-9-17-40(33)50(3,4)43(35)29-32/h5-29,48,51H,1-4H3. The number of aromatic nitrogens is 1. The van der Waals surface area contributed by atoms with Gasteiger partial charge in [-0.2, -0.15) is 0 Å². The van der Waals surface area contributed by atoms with Gasteiger partial charge in [-0.05, 0) is 92.0 Å². The van der Waals surface area contributed by atoms with Crippen molar-refractivity contribution in [1.82, 2.24) is 4.57 Å². The van der Waals surface area contributed by atoms with E-state index in [1.807, 2.05) is 0 Å². The van der Waals surface area contributed by atoms with Crippen molar-refractivity contribution >= 4 is 33.2 Å². The highest BCUT2D eigenvalue weighted by Crippen LogP contribution is 2.51. The summed E-state index contributed by atoms with van der Waals surface area (Å²) in [5.74, 6) is 0. The van der Waals surface area contributed by atoms with Gasteiger partial charge in [0.2, 0.25) is 6.29 Å². The SMILES string of the molecule is CC1(C)c2ccccc2-c2cc(-c3ccc4c(c3)c3ccccc3n4C3N=C(c4ccc5c(c4)C(C)(C)c4ccccc4-5)c4ccccc4N3)ccc21. The summed E-state index contributed by atoms with van der Waals surface area (Å²) in [6, 6.07) is 56.1. The molecule has 0 saturated heterocycles. The van der Waals surface area contributed by atoms with Crippen molar-refractivity contribution in [2.75, 3.05) is 5.32 Å². The summed E-state index contributed by atoms with van der Waals surface area (Å²) in [5, 5.41) is 6.29. The molecule has 7 aromatic carbocycles. The summed E-state index contributed by atoms with van der Waals surface area (Å²) in [5.41, 5.74) is 20.0. The maximum absolute atomic E-state index is 5.58. The fourth-order valence-electron chi connectivity index (χ4n) is 9.73. The molecule has 1 aliphatic heterocycles. The van der Waals surface area contributed by atoms with Gasteiger partial charge >= 0.3 is 0 Å². The number of hydrogen-bond acceptors (Lipinski definition) is 2. The Morgan fingerprint density at radius 2 is 1.02 bits per heavy atom. The first-order valence-corrected chi connectivity index (χ1v) is 18.7. The van der Waals surface area contributed by atoms with E-state index in [1.165, 1.54) is 66.4 Å². The average Bonchev–Trinajstić information content (AvgIpc) is 3.74. The van der Waals surface area contributed by atoms with E-state index in [0.717, 1.165) is 33.6 Å². The van der Waals surface area contributed by atoms with E-state index in [0.29, 0.717) is 0 Å². The number of benzene rings is 7. The minimum atomic E-state index is -0.328. The first-order chi connectivity index (χ1) is 25.8. The predicted octanol–water partition coefficient (Wildman–Crippen LogP) is 12.5. The lowest BCUT2D eigenvalue weighted by molar-refractivity contribution is 0.624. The summed E-state index contributed by atoms with van der Waals surface area (Å²) >= 11 is 0. The Morgan fingerprint density at radius 3 is 1.83 bits per heavy atom. The van der Waals surface area contributed by atoms with E-state index >= 15 is 0 Å². The number of rotatable bonds is 3. The Morgan fingerprint density at radius 1 is 0.453 bits per heavy atom. The van der Waals surface area contributed by atoms with E-state index in [9.17, 15) is 0 Å². The smallest absolute Gasteiger partial charge is 0.201 e. The van der Waals surface area contributed by atoms with E-state index in [4.69, 9.17) is 4.99 Å². The number of anilines is 1. The summed E-state index contributed by atoms with van der Waals surface area (Å²) in [6.07, 6.45) is -0.328. The third-order valence-corrected chi connectivity index (χ3v) is 12.4. The van der Waals surface area contributed by atoms with Crippen molar-refractivity contribution in [3.05, 3.63) is 185 Å².